The van der Waals surface area contributed by atoms with Crippen molar-refractivity contribution in [2.24, 2.45) is 0 Å². The van der Waals surface area contributed by atoms with Crippen LogP contribution in [0.1, 0.15) is 48.8 Å². The minimum Gasteiger partial charge on any atom is -0.508 e. The molecule has 0 spiro atoms. The molecule has 2 saturated heterocycles. The molecule has 6 heteroatoms. The second kappa shape index (κ2) is 8.98. The second-order valence-electron chi connectivity index (χ2n) is 9.98. The number of hydrogen-bond acceptors (Lipinski definition) is 5. The summed E-state index contributed by atoms with van der Waals surface area (Å²) in [5.41, 5.74) is 3.08. The summed E-state index contributed by atoms with van der Waals surface area (Å²) in [6.45, 7) is 0.944. The fourth-order valence-electron chi connectivity index (χ4n) is 6.18. The first-order valence-electron chi connectivity index (χ1n) is 12.4. The molecule has 0 radical (unpaired) electrons. The standard InChI is InChI=1S/C29H29ClN2O3/c30-21-10-8-20(9-11-21)29(34)17-22-12-13-23(18-29)32(22)15-3-4-19-16-25-26(33)6-1-7-27(25)35-28-24(19)5-2-14-31-28/h1-2,4-11,14,22-23,33-34H,3,12-13,15-18H2/b19-4-. The number of aliphatic hydroxyl groups is 1. The topological polar surface area (TPSA) is 65.8 Å². The summed E-state index contributed by atoms with van der Waals surface area (Å²) >= 11 is 6.07. The molecule has 2 bridgehead atoms. The van der Waals surface area contributed by atoms with Crippen LogP contribution in [0.3, 0.4) is 0 Å². The van der Waals surface area contributed by atoms with Gasteiger partial charge in [-0.15, -0.1) is 0 Å². The molecule has 2 N–H and O–H groups in total. The second-order valence-corrected chi connectivity index (χ2v) is 10.4. The zero-order chi connectivity index (χ0) is 24.0. The Morgan fingerprint density at radius 1 is 1.06 bits per heavy atom. The van der Waals surface area contributed by atoms with Crippen LogP contribution in [0, 0.1) is 0 Å². The Morgan fingerprint density at radius 3 is 2.60 bits per heavy atom. The van der Waals surface area contributed by atoms with E-state index in [0.717, 1.165) is 60.9 Å². The number of phenols is 1. The number of phenolic OH excluding ortho intramolecular Hbond substituents is 1. The number of hydrogen-bond donors (Lipinski definition) is 2. The van der Waals surface area contributed by atoms with Gasteiger partial charge < -0.3 is 14.9 Å². The van der Waals surface area contributed by atoms with Crippen molar-refractivity contribution in [2.45, 2.75) is 56.2 Å². The Kier molecular flexibility index (Phi) is 5.79. The lowest BCUT2D eigenvalue weighted by atomic mass is 9.80. The van der Waals surface area contributed by atoms with Crippen LogP contribution < -0.4 is 4.74 Å². The van der Waals surface area contributed by atoms with Gasteiger partial charge in [-0.25, -0.2) is 4.98 Å². The molecule has 2 unspecified atom stereocenters. The van der Waals surface area contributed by atoms with Crippen molar-refractivity contribution in [3.8, 4) is 17.4 Å². The van der Waals surface area contributed by atoms with Gasteiger partial charge in [-0.3, -0.25) is 4.90 Å². The van der Waals surface area contributed by atoms with Crippen molar-refractivity contribution in [2.75, 3.05) is 6.54 Å². The van der Waals surface area contributed by atoms with Gasteiger partial charge in [-0.2, -0.15) is 0 Å². The number of allylic oxidation sites excluding steroid dienone is 1. The van der Waals surface area contributed by atoms with Crippen molar-refractivity contribution in [3.63, 3.8) is 0 Å². The van der Waals surface area contributed by atoms with E-state index in [1.807, 2.05) is 42.5 Å². The summed E-state index contributed by atoms with van der Waals surface area (Å²) in [6.07, 6.45) is 9.25. The molecule has 180 valence electrons. The van der Waals surface area contributed by atoms with E-state index in [1.165, 1.54) is 0 Å². The first-order valence-corrected chi connectivity index (χ1v) is 12.8. The summed E-state index contributed by atoms with van der Waals surface area (Å²) in [6, 6.07) is 17.8. The van der Waals surface area contributed by atoms with Gasteiger partial charge in [0.2, 0.25) is 5.88 Å². The number of piperidine rings is 1. The Hall–Kier alpha value is -2.86. The van der Waals surface area contributed by atoms with Gasteiger partial charge in [0.25, 0.3) is 0 Å². The summed E-state index contributed by atoms with van der Waals surface area (Å²) in [4.78, 5) is 7.04. The highest BCUT2D eigenvalue weighted by Gasteiger charge is 2.47. The van der Waals surface area contributed by atoms with E-state index in [2.05, 4.69) is 16.0 Å². The first kappa shape index (κ1) is 22.6. The molecular formula is C29H29ClN2O3. The number of ether oxygens (including phenoxy) is 1. The molecule has 0 saturated carbocycles. The summed E-state index contributed by atoms with van der Waals surface area (Å²) in [5.74, 6) is 1.48. The highest BCUT2D eigenvalue weighted by Crippen LogP contribution is 2.46. The summed E-state index contributed by atoms with van der Waals surface area (Å²) in [5, 5.41) is 22.7. The molecule has 3 aliphatic rings. The fourth-order valence-corrected chi connectivity index (χ4v) is 6.31. The van der Waals surface area contributed by atoms with E-state index in [9.17, 15) is 10.2 Å². The number of aromatic nitrogens is 1. The molecule has 35 heavy (non-hydrogen) atoms. The third-order valence-corrected chi connectivity index (χ3v) is 8.13. The number of nitrogens with zero attached hydrogens (tertiary/aromatic N) is 2. The van der Waals surface area contributed by atoms with Gasteiger partial charge in [-0.1, -0.05) is 35.9 Å². The van der Waals surface area contributed by atoms with Gasteiger partial charge in [0.1, 0.15) is 11.5 Å². The highest BCUT2D eigenvalue weighted by molar-refractivity contribution is 6.30. The monoisotopic (exact) mass is 488 g/mol. The molecule has 1 aromatic heterocycles. The molecular weight excluding hydrogens is 460 g/mol. The zero-order valence-corrected chi connectivity index (χ0v) is 20.3. The van der Waals surface area contributed by atoms with Gasteiger partial charge in [0.05, 0.1) is 5.60 Å². The van der Waals surface area contributed by atoms with Crippen molar-refractivity contribution in [3.05, 3.63) is 88.6 Å². The van der Waals surface area contributed by atoms with E-state index in [1.54, 1.807) is 18.3 Å². The molecule has 6 rings (SSSR count). The molecule has 3 aromatic rings. The maximum absolute atomic E-state index is 11.5. The molecule has 2 aromatic carbocycles. The normalized spacial score (nSPS) is 26.6. The minimum atomic E-state index is -0.782. The number of aromatic hydroxyl groups is 1. The highest BCUT2D eigenvalue weighted by atomic mass is 35.5. The molecule has 2 fully saturated rings. The maximum Gasteiger partial charge on any atom is 0.226 e. The number of rotatable bonds is 4. The minimum absolute atomic E-state index is 0.247. The van der Waals surface area contributed by atoms with Crippen LogP contribution >= 0.6 is 11.6 Å². The van der Waals surface area contributed by atoms with E-state index in [4.69, 9.17) is 16.3 Å². The Morgan fingerprint density at radius 2 is 1.83 bits per heavy atom. The SMILES string of the molecule is Oc1cccc2c1C/C(=C/CCN1C3CCC1CC(O)(c1ccc(Cl)cc1)C3)c1cccnc1O2. The van der Waals surface area contributed by atoms with Crippen LogP contribution in [0.5, 0.6) is 17.4 Å². The average Bonchev–Trinajstić information content (AvgIpc) is 3.01. The lowest BCUT2D eigenvalue weighted by Gasteiger charge is -2.44. The number of pyridine rings is 1. The van der Waals surface area contributed by atoms with Crippen LogP contribution in [-0.2, 0) is 12.0 Å². The molecule has 2 atom stereocenters. The van der Waals surface area contributed by atoms with E-state index >= 15 is 0 Å². The number of benzene rings is 2. The third kappa shape index (κ3) is 4.22. The number of halogens is 1. The lowest BCUT2D eigenvalue weighted by Crippen LogP contribution is -2.49. The fraction of sp³-hybridized carbons (Fsp3) is 0.345. The van der Waals surface area contributed by atoms with Crippen molar-refractivity contribution in [1.82, 2.24) is 9.88 Å². The maximum atomic E-state index is 11.5. The largest absolute Gasteiger partial charge is 0.508 e. The average molecular weight is 489 g/mol. The van der Waals surface area contributed by atoms with Gasteiger partial charge in [0, 0.05) is 47.4 Å². The quantitative estimate of drug-likeness (QED) is 0.466. The summed E-state index contributed by atoms with van der Waals surface area (Å²) in [7, 11) is 0. The van der Waals surface area contributed by atoms with Crippen LogP contribution in [0.25, 0.3) is 5.57 Å². The first-order chi connectivity index (χ1) is 17.0. The van der Waals surface area contributed by atoms with Gasteiger partial charge >= 0.3 is 0 Å². The van der Waals surface area contributed by atoms with Crippen molar-refractivity contribution >= 4 is 17.2 Å². The van der Waals surface area contributed by atoms with Crippen LogP contribution in [0.15, 0.2) is 66.9 Å². The van der Waals surface area contributed by atoms with Crippen molar-refractivity contribution < 1.29 is 14.9 Å². The molecule has 3 aliphatic heterocycles. The van der Waals surface area contributed by atoms with Crippen molar-refractivity contribution in [1.29, 1.82) is 0 Å². The number of fused-ring (bicyclic) bond motifs is 4. The van der Waals surface area contributed by atoms with Gasteiger partial charge in [-0.05, 0) is 79.6 Å². The van der Waals surface area contributed by atoms with E-state index in [-0.39, 0.29) is 5.75 Å². The Balaban J connectivity index is 1.20. The van der Waals surface area contributed by atoms with Gasteiger partial charge in [0.15, 0.2) is 0 Å². The van der Waals surface area contributed by atoms with Crippen LogP contribution in [-0.4, -0.2) is 38.7 Å². The zero-order valence-electron chi connectivity index (χ0n) is 19.5. The summed E-state index contributed by atoms with van der Waals surface area (Å²) < 4.78 is 6.07. The van der Waals surface area contributed by atoms with Crippen LogP contribution in [0.4, 0.5) is 0 Å². The lowest BCUT2D eigenvalue weighted by molar-refractivity contribution is -0.0563. The van der Waals surface area contributed by atoms with Crippen LogP contribution in [0.2, 0.25) is 5.02 Å². The molecule has 4 heterocycles. The molecule has 0 aliphatic carbocycles. The molecule has 0 amide bonds. The smallest absolute Gasteiger partial charge is 0.226 e. The molecule has 5 nitrogen and oxygen atoms in total. The third-order valence-electron chi connectivity index (χ3n) is 7.88. The van der Waals surface area contributed by atoms with E-state index < -0.39 is 5.60 Å². The Bertz CT molecular complexity index is 1260. The Labute approximate surface area is 210 Å². The predicted octanol–water partition coefficient (Wildman–Crippen LogP) is 6.08. The van der Waals surface area contributed by atoms with E-state index in [0.29, 0.717) is 35.2 Å². The predicted molar refractivity (Wildman–Crippen MR) is 137 cm³/mol.